The summed E-state index contributed by atoms with van der Waals surface area (Å²) in [6.45, 7) is 4.04. The molecule has 0 aliphatic carbocycles. The fourth-order valence-corrected chi connectivity index (χ4v) is 4.03. The highest BCUT2D eigenvalue weighted by Crippen LogP contribution is 2.24. The maximum atomic E-state index is 14.1. The van der Waals surface area contributed by atoms with E-state index in [1.165, 1.54) is 12.1 Å². The summed E-state index contributed by atoms with van der Waals surface area (Å²) in [7, 11) is 0. The molecule has 0 fully saturated rings. The van der Waals surface area contributed by atoms with Crippen molar-refractivity contribution in [2.75, 3.05) is 0 Å². The SMILES string of the molecule is CC[C@H](NC(=O)c1ccc2c(c1)c(C)nn2Cc1ccc(F)cc1F)c1ccc(Br)cc1. The average Bonchev–Trinajstić information content (AvgIpc) is 3.09. The van der Waals surface area contributed by atoms with E-state index in [1.807, 2.05) is 44.2 Å². The first-order valence-corrected chi connectivity index (χ1v) is 11.1. The van der Waals surface area contributed by atoms with Gasteiger partial charge < -0.3 is 5.32 Å². The van der Waals surface area contributed by atoms with Crippen molar-refractivity contribution < 1.29 is 13.6 Å². The van der Waals surface area contributed by atoms with E-state index in [0.717, 1.165) is 39.1 Å². The fourth-order valence-electron chi connectivity index (χ4n) is 3.77. The van der Waals surface area contributed by atoms with Crippen molar-refractivity contribution in [1.29, 1.82) is 0 Å². The lowest BCUT2D eigenvalue weighted by atomic mass is 10.0. The lowest BCUT2D eigenvalue weighted by Crippen LogP contribution is -2.28. The Morgan fingerprint density at radius 2 is 1.84 bits per heavy atom. The van der Waals surface area contributed by atoms with E-state index < -0.39 is 11.6 Å². The number of fused-ring (bicyclic) bond motifs is 1. The Bertz CT molecular complexity index is 1280. The van der Waals surface area contributed by atoms with Crippen LogP contribution >= 0.6 is 15.9 Å². The van der Waals surface area contributed by atoms with Gasteiger partial charge in [0.2, 0.25) is 0 Å². The molecule has 0 saturated carbocycles. The quantitative estimate of drug-likeness (QED) is 0.339. The van der Waals surface area contributed by atoms with Crippen LogP contribution in [0, 0.1) is 18.6 Å². The van der Waals surface area contributed by atoms with Crippen LogP contribution in [-0.2, 0) is 6.54 Å². The lowest BCUT2D eigenvalue weighted by Gasteiger charge is -2.18. The fraction of sp³-hybridized carbons (Fsp3) is 0.200. The number of hydrogen-bond acceptors (Lipinski definition) is 2. The maximum Gasteiger partial charge on any atom is 0.251 e. The third-order valence-corrected chi connectivity index (χ3v) is 6.05. The summed E-state index contributed by atoms with van der Waals surface area (Å²) >= 11 is 3.43. The van der Waals surface area contributed by atoms with E-state index in [4.69, 9.17) is 0 Å². The van der Waals surface area contributed by atoms with Crippen molar-refractivity contribution in [3.05, 3.63) is 99.2 Å². The number of benzene rings is 3. The lowest BCUT2D eigenvalue weighted by molar-refractivity contribution is 0.0935. The molecule has 1 N–H and O–H groups in total. The first-order valence-electron chi connectivity index (χ1n) is 10.3. The summed E-state index contributed by atoms with van der Waals surface area (Å²) in [5, 5.41) is 8.41. The third-order valence-electron chi connectivity index (χ3n) is 5.52. The zero-order valence-corrected chi connectivity index (χ0v) is 19.3. The molecule has 4 nitrogen and oxygen atoms in total. The summed E-state index contributed by atoms with van der Waals surface area (Å²) in [6, 6.07) is 16.7. The zero-order valence-electron chi connectivity index (χ0n) is 17.7. The molecule has 3 aromatic carbocycles. The van der Waals surface area contributed by atoms with Gasteiger partial charge in [-0.1, -0.05) is 41.1 Å². The van der Waals surface area contributed by atoms with Crippen LogP contribution < -0.4 is 5.32 Å². The number of aryl methyl sites for hydroxylation is 1. The normalized spacial score (nSPS) is 12.2. The molecule has 1 heterocycles. The summed E-state index contributed by atoms with van der Waals surface area (Å²) < 4.78 is 29.9. The number of carbonyl (C=O) groups excluding carboxylic acids is 1. The van der Waals surface area contributed by atoms with Crippen LogP contribution in [0.4, 0.5) is 8.78 Å². The molecule has 4 rings (SSSR count). The molecular weight excluding hydrogens is 476 g/mol. The van der Waals surface area contributed by atoms with Gasteiger partial charge in [-0.15, -0.1) is 0 Å². The zero-order chi connectivity index (χ0) is 22.8. The van der Waals surface area contributed by atoms with Gasteiger partial charge >= 0.3 is 0 Å². The molecule has 0 bridgehead atoms. The average molecular weight is 498 g/mol. The Balaban J connectivity index is 1.58. The molecule has 0 aliphatic heterocycles. The summed E-state index contributed by atoms with van der Waals surface area (Å²) in [4.78, 5) is 13.0. The van der Waals surface area contributed by atoms with Crippen LogP contribution in [0.1, 0.15) is 46.6 Å². The van der Waals surface area contributed by atoms with Crippen molar-refractivity contribution in [2.24, 2.45) is 0 Å². The Hall–Kier alpha value is -3.06. The van der Waals surface area contributed by atoms with Crippen molar-refractivity contribution in [3.63, 3.8) is 0 Å². The van der Waals surface area contributed by atoms with Gasteiger partial charge in [-0.25, -0.2) is 8.78 Å². The van der Waals surface area contributed by atoms with Gasteiger partial charge in [-0.05, 0) is 55.3 Å². The van der Waals surface area contributed by atoms with E-state index >= 15 is 0 Å². The minimum absolute atomic E-state index is 0.100. The van der Waals surface area contributed by atoms with Crippen molar-refractivity contribution >= 4 is 32.7 Å². The van der Waals surface area contributed by atoms with Crippen molar-refractivity contribution in [3.8, 4) is 0 Å². The predicted molar refractivity (Wildman–Crippen MR) is 125 cm³/mol. The topological polar surface area (TPSA) is 46.9 Å². The summed E-state index contributed by atoms with van der Waals surface area (Å²) in [5.74, 6) is -1.39. The van der Waals surface area contributed by atoms with Crippen LogP contribution in [0.3, 0.4) is 0 Å². The van der Waals surface area contributed by atoms with Gasteiger partial charge in [0, 0.05) is 27.1 Å². The van der Waals surface area contributed by atoms with E-state index in [0.29, 0.717) is 11.1 Å². The van der Waals surface area contributed by atoms with Crippen LogP contribution in [0.2, 0.25) is 0 Å². The Labute approximate surface area is 193 Å². The number of nitrogens with one attached hydrogen (secondary N) is 1. The van der Waals surface area contributed by atoms with Gasteiger partial charge in [-0.3, -0.25) is 9.48 Å². The Morgan fingerprint density at radius 1 is 1.09 bits per heavy atom. The number of hydrogen-bond donors (Lipinski definition) is 1. The smallest absolute Gasteiger partial charge is 0.251 e. The molecule has 4 aromatic rings. The first-order chi connectivity index (χ1) is 15.4. The molecule has 0 saturated heterocycles. The van der Waals surface area contributed by atoms with Crippen LogP contribution in [0.15, 0.2) is 65.1 Å². The van der Waals surface area contributed by atoms with E-state index in [9.17, 15) is 13.6 Å². The standard InChI is InChI=1S/C25H22BrF2N3O/c1-3-23(16-4-8-19(26)9-5-16)29-25(32)17-7-11-24-21(12-17)15(2)30-31(24)14-18-6-10-20(27)13-22(18)28/h4-13,23H,3,14H2,1-2H3,(H,29,32)/t23-/m0/s1. The van der Waals surface area contributed by atoms with Crippen molar-refractivity contribution in [2.45, 2.75) is 32.9 Å². The number of nitrogens with zero attached hydrogens (tertiary/aromatic N) is 2. The van der Waals surface area contributed by atoms with E-state index in [2.05, 4.69) is 26.3 Å². The summed E-state index contributed by atoms with van der Waals surface area (Å²) in [6.07, 6.45) is 0.760. The first kappa shape index (κ1) is 22.1. The molecule has 0 unspecified atom stereocenters. The highest BCUT2D eigenvalue weighted by atomic mass is 79.9. The Morgan fingerprint density at radius 3 is 2.53 bits per heavy atom. The molecule has 1 amide bonds. The maximum absolute atomic E-state index is 14.1. The van der Waals surface area contributed by atoms with E-state index in [-0.39, 0.29) is 18.5 Å². The second-order valence-electron chi connectivity index (χ2n) is 7.70. The number of amides is 1. The molecular formula is C25H22BrF2N3O. The summed E-state index contributed by atoms with van der Waals surface area (Å²) in [5.41, 5.74) is 3.43. The minimum atomic E-state index is -0.614. The second-order valence-corrected chi connectivity index (χ2v) is 8.61. The molecule has 0 aliphatic rings. The molecule has 164 valence electrons. The third kappa shape index (κ3) is 4.58. The number of halogens is 3. The largest absolute Gasteiger partial charge is 0.345 e. The minimum Gasteiger partial charge on any atom is -0.345 e. The monoisotopic (exact) mass is 497 g/mol. The van der Waals surface area contributed by atoms with Gasteiger partial charge in [0.05, 0.1) is 23.8 Å². The van der Waals surface area contributed by atoms with Crippen LogP contribution in [0.5, 0.6) is 0 Å². The van der Waals surface area contributed by atoms with Gasteiger partial charge in [-0.2, -0.15) is 5.10 Å². The Kier molecular flexibility index (Phi) is 6.37. The molecule has 7 heteroatoms. The van der Waals surface area contributed by atoms with Crippen LogP contribution in [-0.4, -0.2) is 15.7 Å². The number of carbonyl (C=O) groups is 1. The molecule has 32 heavy (non-hydrogen) atoms. The second kappa shape index (κ2) is 9.20. The van der Waals surface area contributed by atoms with Gasteiger partial charge in [0.25, 0.3) is 5.91 Å². The van der Waals surface area contributed by atoms with Crippen LogP contribution in [0.25, 0.3) is 10.9 Å². The molecule has 0 spiro atoms. The highest BCUT2D eigenvalue weighted by molar-refractivity contribution is 9.10. The molecule has 1 aromatic heterocycles. The molecule has 0 radical (unpaired) electrons. The van der Waals surface area contributed by atoms with Crippen molar-refractivity contribution in [1.82, 2.24) is 15.1 Å². The van der Waals surface area contributed by atoms with Gasteiger partial charge in [0.15, 0.2) is 0 Å². The highest BCUT2D eigenvalue weighted by Gasteiger charge is 2.17. The van der Waals surface area contributed by atoms with E-state index in [1.54, 1.807) is 16.8 Å². The number of rotatable bonds is 6. The predicted octanol–water partition coefficient (Wildman–Crippen LogP) is 6.31. The van der Waals surface area contributed by atoms with Gasteiger partial charge in [0.1, 0.15) is 11.6 Å². The number of aromatic nitrogens is 2. The molecule has 1 atom stereocenters.